The molecule has 0 aliphatic rings. The quantitative estimate of drug-likeness (QED) is 0.797. The van der Waals surface area contributed by atoms with Crippen molar-refractivity contribution in [3.05, 3.63) is 60.2 Å². The number of hydrogen-bond donors (Lipinski definition) is 1. The van der Waals surface area contributed by atoms with Crippen molar-refractivity contribution in [2.45, 2.75) is 6.92 Å². The number of aromatic nitrogens is 3. The number of anilines is 1. The van der Waals surface area contributed by atoms with E-state index in [9.17, 15) is 4.79 Å². The van der Waals surface area contributed by atoms with Crippen molar-refractivity contribution in [2.24, 2.45) is 0 Å². The van der Waals surface area contributed by atoms with Crippen LogP contribution in [-0.2, 0) is 0 Å². The summed E-state index contributed by atoms with van der Waals surface area (Å²) in [7, 11) is 0. The summed E-state index contributed by atoms with van der Waals surface area (Å²) in [5.41, 5.74) is 1.74. The highest BCUT2D eigenvalue weighted by atomic mass is 16.4. The van der Waals surface area contributed by atoms with Crippen LogP contribution in [0.4, 0.5) is 5.69 Å². The van der Waals surface area contributed by atoms with Gasteiger partial charge in [0, 0.05) is 24.4 Å². The van der Waals surface area contributed by atoms with Gasteiger partial charge in [0.05, 0.1) is 0 Å². The Morgan fingerprint density at radius 1 is 1.14 bits per heavy atom. The Morgan fingerprint density at radius 3 is 2.76 bits per heavy atom. The standard InChI is InChI=1S/C15H12N4O2/c1-10-18-19-15(21-10)11-5-4-6-12(9-11)17-14(20)13-7-2-3-8-16-13/h2-9H,1H3,(H,17,20). The van der Waals surface area contributed by atoms with Crippen molar-refractivity contribution in [1.82, 2.24) is 15.2 Å². The molecule has 6 nitrogen and oxygen atoms in total. The van der Waals surface area contributed by atoms with E-state index >= 15 is 0 Å². The maximum atomic E-state index is 12.0. The van der Waals surface area contributed by atoms with E-state index in [2.05, 4.69) is 20.5 Å². The maximum absolute atomic E-state index is 12.0. The molecule has 21 heavy (non-hydrogen) atoms. The van der Waals surface area contributed by atoms with Crippen molar-refractivity contribution in [3.63, 3.8) is 0 Å². The number of carbonyl (C=O) groups is 1. The number of hydrogen-bond acceptors (Lipinski definition) is 5. The van der Waals surface area contributed by atoms with Crippen molar-refractivity contribution in [1.29, 1.82) is 0 Å². The first kappa shape index (κ1) is 13.0. The Morgan fingerprint density at radius 2 is 2.05 bits per heavy atom. The molecule has 0 unspecified atom stereocenters. The van der Waals surface area contributed by atoms with Crippen LogP contribution in [0.25, 0.3) is 11.5 Å². The second-order valence-corrected chi connectivity index (χ2v) is 4.38. The molecular formula is C15H12N4O2. The third-order valence-electron chi connectivity index (χ3n) is 2.79. The molecule has 0 saturated heterocycles. The fourth-order valence-corrected chi connectivity index (χ4v) is 1.84. The molecule has 0 atom stereocenters. The van der Waals surface area contributed by atoms with Crippen molar-refractivity contribution >= 4 is 11.6 Å². The van der Waals surface area contributed by atoms with Gasteiger partial charge in [-0.2, -0.15) is 0 Å². The first-order chi connectivity index (χ1) is 10.2. The number of carbonyl (C=O) groups excluding carboxylic acids is 1. The molecule has 3 rings (SSSR count). The summed E-state index contributed by atoms with van der Waals surface area (Å²) in [4.78, 5) is 16.0. The van der Waals surface area contributed by atoms with E-state index in [1.807, 2.05) is 12.1 Å². The number of amides is 1. The topological polar surface area (TPSA) is 80.9 Å². The SMILES string of the molecule is Cc1nnc(-c2cccc(NC(=O)c3ccccn3)c2)o1. The zero-order valence-electron chi connectivity index (χ0n) is 11.3. The second-order valence-electron chi connectivity index (χ2n) is 4.38. The van der Waals surface area contributed by atoms with Gasteiger partial charge in [0.25, 0.3) is 5.91 Å². The van der Waals surface area contributed by atoms with Crippen LogP contribution in [0.3, 0.4) is 0 Å². The van der Waals surface area contributed by atoms with Crippen LogP contribution in [0.2, 0.25) is 0 Å². The van der Waals surface area contributed by atoms with Crippen molar-refractivity contribution in [3.8, 4) is 11.5 Å². The minimum Gasteiger partial charge on any atom is -0.421 e. The first-order valence-electron chi connectivity index (χ1n) is 6.35. The lowest BCUT2D eigenvalue weighted by Gasteiger charge is -2.05. The number of pyridine rings is 1. The molecule has 3 aromatic rings. The first-order valence-corrected chi connectivity index (χ1v) is 6.35. The minimum atomic E-state index is -0.269. The average molecular weight is 280 g/mol. The van der Waals surface area contributed by atoms with E-state index in [1.165, 1.54) is 0 Å². The average Bonchev–Trinajstić information content (AvgIpc) is 2.95. The molecule has 1 amide bonds. The molecule has 0 aliphatic carbocycles. The number of benzene rings is 1. The molecule has 0 saturated carbocycles. The Labute approximate surface area is 120 Å². The highest BCUT2D eigenvalue weighted by Crippen LogP contribution is 2.21. The summed E-state index contributed by atoms with van der Waals surface area (Å²) in [5.74, 6) is 0.642. The van der Waals surface area contributed by atoms with Crippen LogP contribution in [-0.4, -0.2) is 21.1 Å². The Hall–Kier alpha value is -3.02. The Kier molecular flexibility index (Phi) is 3.42. The molecular weight excluding hydrogens is 268 g/mol. The molecule has 0 bridgehead atoms. The van der Waals surface area contributed by atoms with E-state index in [4.69, 9.17) is 4.42 Å². The molecule has 0 radical (unpaired) electrons. The Bertz CT molecular complexity index is 768. The van der Waals surface area contributed by atoms with E-state index < -0.39 is 0 Å². The summed E-state index contributed by atoms with van der Waals surface area (Å²) in [6.07, 6.45) is 1.58. The van der Waals surface area contributed by atoms with Gasteiger partial charge in [-0.1, -0.05) is 12.1 Å². The van der Waals surface area contributed by atoms with Crippen LogP contribution in [0.15, 0.2) is 53.1 Å². The van der Waals surface area contributed by atoms with Gasteiger partial charge < -0.3 is 9.73 Å². The normalized spacial score (nSPS) is 10.3. The minimum absolute atomic E-state index is 0.269. The summed E-state index contributed by atoms with van der Waals surface area (Å²) >= 11 is 0. The summed E-state index contributed by atoms with van der Waals surface area (Å²) in [6.45, 7) is 1.73. The molecule has 6 heteroatoms. The molecule has 1 aromatic carbocycles. The highest BCUT2D eigenvalue weighted by molar-refractivity contribution is 6.03. The van der Waals surface area contributed by atoms with Gasteiger partial charge in [0.1, 0.15) is 5.69 Å². The Balaban J connectivity index is 1.82. The third-order valence-corrected chi connectivity index (χ3v) is 2.79. The molecule has 0 fully saturated rings. The number of nitrogens with zero attached hydrogens (tertiary/aromatic N) is 3. The molecule has 0 aliphatic heterocycles. The van der Waals surface area contributed by atoms with E-state index in [0.717, 1.165) is 5.56 Å². The van der Waals surface area contributed by atoms with Crippen LogP contribution in [0.5, 0.6) is 0 Å². The van der Waals surface area contributed by atoms with Gasteiger partial charge >= 0.3 is 0 Å². The van der Waals surface area contributed by atoms with E-state index in [0.29, 0.717) is 23.2 Å². The summed E-state index contributed by atoms with van der Waals surface area (Å²) < 4.78 is 5.37. The number of rotatable bonds is 3. The molecule has 2 aromatic heterocycles. The lowest BCUT2D eigenvalue weighted by Crippen LogP contribution is -2.13. The van der Waals surface area contributed by atoms with Gasteiger partial charge in [-0.25, -0.2) is 0 Å². The number of aryl methyl sites for hydroxylation is 1. The summed E-state index contributed by atoms with van der Waals surface area (Å²) in [5, 5.41) is 10.5. The zero-order valence-corrected chi connectivity index (χ0v) is 11.3. The lowest BCUT2D eigenvalue weighted by atomic mass is 10.2. The van der Waals surface area contributed by atoms with Gasteiger partial charge in [-0.05, 0) is 30.3 Å². The third kappa shape index (κ3) is 2.94. The second kappa shape index (κ2) is 5.54. The fourth-order valence-electron chi connectivity index (χ4n) is 1.84. The summed E-state index contributed by atoms with van der Waals surface area (Å²) in [6, 6.07) is 12.4. The monoisotopic (exact) mass is 280 g/mol. The largest absolute Gasteiger partial charge is 0.421 e. The molecule has 0 spiro atoms. The van der Waals surface area contributed by atoms with Crippen LogP contribution in [0, 0.1) is 6.92 Å². The number of nitrogens with one attached hydrogen (secondary N) is 1. The van der Waals surface area contributed by atoms with Gasteiger partial charge in [0.2, 0.25) is 11.8 Å². The van der Waals surface area contributed by atoms with Gasteiger partial charge in [-0.3, -0.25) is 9.78 Å². The van der Waals surface area contributed by atoms with Crippen LogP contribution >= 0.6 is 0 Å². The van der Waals surface area contributed by atoms with E-state index in [-0.39, 0.29) is 5.91 Å². The van der Waals surface area contributed by atoms with Gasteiger partial charge in [-0.15, -0.1) is 10.2 Å². The van der Waals surface area contributed by atoms with E-state index in [1.54, 1.807) is 43.5 Å². The van der Waals surface area contributed by atoms with Gasteiger partial charge in [0.15, 0.2) is 0 Å². The molecule has 1 N–H and O–H groups in total. The van der Waals surface area contributed by atoms with Crippen LogP contribution in [0.1, 0.15) is 16.4 Å². The van der Waals surface area contributed by atoms with Crippen molar-refractivity contribution < 1.29 is 9.21 Å². The lowest BCUT2D eigenvalue weighted by molar-refractivity contribution is 0.102. The van der Waals surface area contributed by atoms with Crippen LogP contribution < -0.4 is 5.32 Å². The predicted octanol–water partition coefficient (Wildman–Crippen LogP) is 2.69. The molecule has 2 heterocycles. The maximum Gasteiger partial charge on any atom is 0.274 e. The zero-order chi connectivity index (χ0) is 14.7. The molecule has 104 valence electrons. The fraction of sp³-hybridized carbons (Fsp3) is 0.0667. The highest BCUT2D eigenvalue weighted by Gasteiger charge is 2.09. The smallest absolute Gasteiger partial charge is 0.274 e. The predicted molar refractivity (Wildman–Crippen MR) is 76.7 cm³/mol. The van der Waals surface area contributed by atoms with Crippen molar-refractivity contribution in [2.75, 3.05) is 5.32 Å².